The fourth-order valence-corrected chi connectivity index (χ4v) is 2.57. The molecule has 0 aliphatic heterocycles. The van der Waals surface area contributed by atoms with Crippen LogP contribution in [0.3, 0.4) is 0 Å². The van der Waals surface area contributed by atoms with Crippen LogP contribution < -0.4 is 5.32 Å². The minimum Gasteiger partial charge on any atom is -0.467 e. The van der Waals surface area contributed by atoms with Crippen LogP contribution in [0.1, 0.15) is 37.3 Å². The van der Waals surface area contributed by atoms with Crippen molar-refractivity contribution in [1.82, 2.24) is 5.32 Å². The van der Waals surface area contributed by atoms with Gasteiger partial charge in [0.2, 0.25) is 5.91 Å². The highest BCUT2D eigenvalue weighted by molar-refractivity contribution is 5.86. The first kappa shape index (κ1) is 15.4. The highest BCUT2D eigenvalue weighted by Crippen LogP contribution is 2.27. The van der Waals surface area contributed by atoms with E-state index in [0.29, 0.717) is 0 Å². The van der Waals surface area contributed by atoms with Gasteiger partial charge in [-0.25, -0.2) is 13.6 Å². The normalized spacial score (nSPS) is 16.5. The van der Waals surface area contributed by atoms with Crippen LogP contribution >= 0.6 is 0 Å². The van der Waals surface area contributed by atoms with Gasteiger partial charge in [-0.3, -0.25) is 4.79 Å². The predicted molar refractivity (Wildman–Crippen MR) is 71.2 cm³/mol. The molecular formula is C15H17F2NO3. The molecule has 1 atom stereocenters. The van der Waals surface area contributed by atoms with Gasteiger partial charge in [0.15, 0.2) is 6.04 Å². The van der Waals surface area contributed by atoms with Crippen LogP contribution in [-0.2, 0) is 14.3 Å². The summed E-state index contributed by atoms with van der Waals surface area (Å²) >= 11 is 0. The Hall–Kier alpha value is -1.98. The van der Waals surface area contributed by atoms with Crippen LogP contribution in [0.15, 0.2) is 18.2 Å². The molecule has 0 unspecified atom stereocenters. The van der Waals surface area contributed by atoms with Crippen molar-refractivity contribution in [2.24, 2.45) is 5.92 Å². The second kappa shape index (κ2) is 6.65. The zero-order chi connectivity index (χ0) is 15.4. The van der Waals surface area contributed by atoms with Crippen molar-refractivity contribution in [3.05, 3.63) is 35.4 Å². The van der Waals surface area contributed by atoms with Crippen LogP contribution in [0.5, 0.6) is 0 Å². The van der Waals surface area contributed by atoms with E-state index in [4.69, 9.17) is 0 Å². The Morgan fingerprint density at radius 1 is 1.29 bits per heavy atom. The molecule has 2 rings (SSSR count). The Morgan fingerprint density at radius 3 is 2.57 bits per heavy atom. The number of nitrogens with one attached hydrogen (secondary N) is 1. The number of benzene rings is 1. The van der Waals surface area contributed by atoms with E-state index in [9.17, 15) is 18.4 Å². The minimum absolute atomic E-state index is 0.186. The van der Waals surface area contributed by atoms with Gasteiger partial charge in [-0.05, 0) is 31.0 Å². The number of hydrogen-bond acceptors (Lipinski definition) is 3. The molecular weight excluding hydrogens is 280 g/mol. The fourth-order valence-electron chi connectivity index (χ4n) is 2.57. The lowest BCUT2D eigenvalue weighted by atomic mass is 10.0. The second-order valence-corrected chi connectivity index (χ2v) is 5.11. The van der Waals surface area contributed by atoms with Gasteiger partial charge in [-0.1, -0.05) is 12.8 Å². The first-order valence-corrected chi connectivity index (χ1v) is 6.86. The highest BCUT2D eigenvalue weighted by atomic mass is 19.1. The second-order valence-electron chi connectivity index (χ2n) is 5.11. The predicted octanol–water partition coefficient (Wildman–Crippen LogP) is 2.49. The molecule has 1 aliphatic carbocycles. The number of methoxy groups -OCH3 is 1. The first-order chi connectivity index (χ1) is 10.0. The van der Waals surface area contributed by atoms with Gasteiger partial charge in [0.25, 0.3) is 0 Å². The standard InChI is InChI=1S/C15H17F2NO3/c1-21-15(20)13(11-8-10(16)6-7-12(11)17)18-14(19)9-4-2-3-5-9/h6-9,13H,2-5H2,1H3,(H,18,19)/t13-/m1/s1. The average Bonchev–Trinajstić information content (AvgIpc) is 3.01. The number of ether oxygens (including phenoxy) is 1. The van der Waals surface area contributed by atoms with E-state index in [1.807, 2.05) is 0 Å². The summed E-state index contributed by atoms with van der Waals surface area (Å²) in [5.41, 5.74) is -0.229. The van der Waals surface area contributed by atoms with Gasteiger partial charge in [-0.15, -0.1) is 0 Å². The number of esters is 1. The van der Waals surface area contributed by atoms with Crippen LogP contribution in [0, 0.1) is 17.6 Å². The SMILES string of the molecule is COC(=O)[C@H](NC(=O)C1CCCC1)c1cc(F)ccc1F. The summed E-state index contributed by atoms with van der Waals surface area (Å²) < 4.78 is 31.7. The summed E-state index contributed by atoms with van der Waals surface area (Å²) in [5.74, 6) is -2.79. The largest absolute Gasteiger partial charge is 0.467 e. The molecule has 0 spiro atoms. The average molecular weight is 297 g/mol. The summed E-state index contributed by atoms with van der Waals surface area (Å²) in [7, 11) is 1.13. The number of rotatable bonds is 4. The lowest BCUT2D eigenvalue weighted by molar-refractivity contribution is -0.145. The number of halogens is 2. The summed E-state index contributed by atoms with van der Waals surface area (Å²) in [6.45, 7) is 0. The fraction of sp³-hybridized carbons (Fsp3) is 0.467. The molecule has 4 nitrogen and oxygen atoms in total. The molecule has 0 saturated heterocycles. The summed E-state index contributed by atoms with van der Waals surface area (Å²) in [6, 6.07) is 1.43. The number of carbonyl (C=O) groups is 2. The van der Waals surface area contributed by atoms with E-state index < -0.39 is 23.6 Å². The molecule has 1 aromatic rings. The van der Waals surface area contributed by atoms with Gasteiger partial charge in [0.05, 0.1) is 7.11 Å². The third kappa shape index (κ3) is 3.56. The molecule has 0 aromatic heterocycles. The van der Waals surface area contributed by atoms with E-state index in [-0.39, 0.29) is 17.4 Å². The molecule has 0 radical (unpaired) electrons. The monoisotopic (exact) mass is 297 g/mol. The van der Waals surface area contributed by atoms with Crippen molar-refractivity contribution in [3.8, 4) is 0 Å². The van der Waals surface area contributed by atoms with Crippen LogP contribution in [-0.4, -0.2) is 19.0 Å². The van der Waals surface area contributed by atoms with E-state index in [1.165, 1.54) is 0 Å². The number of amides is 1. The number of carbonyl (C=O) groups excluding carboxylic acids is 2. The summed E-state index contributed by atoms with van der Waals surface area (Å²) in [6.07, 6.45) is 3.39. The third-order valence-electron chi connectivity index (χ3n) is 3.72. The van der Waals surface area contributed by atoms with Gasteiger partial charge >= 0.3 is 5.97 Å². The molecule has 1 saturated carbocycles. The molecule has 1 fully saturated rings. The van der Waals surface area contributed by atoms with Crippen molar-refractivity contribution >= 4 is 11.9 Å². The summed E-state index contributed by atoms with van der Waals surface area (Å²) in [4.78, 5) is 23.9. The van der Waals surface area contributed by atoms with Crippen molar-refractivity contribution in [2.75, 3.05) is 7.11 Å². The van der Waals surface area contributed by atoms with Crippen molar-refractivity contribution in [1.29, 1.82) is 0 Å². The first-order valence-electron chi connectivity index (χ1n) is 6.86. The minimum atomic E-state index is -1.33. The maximum atomic E-state index is 13.8. The van der Waals surface area contributed by atoms with Crippen molar-refractivity contribution in [3.63, 3.8) is 0 Å². The maximum absolute atomic E-state index is 13.8. The Balaban J connectivity index is 2.23. The quantitative estimate of drug-likeness (QED) is 0.869. The van der Waals surface area contributed by atoms with Crippen LogP contribution in [0.4, 0.5) is 8.78 Å². The van der Waals surface area contributed by atoms with Gasteiger partial charge in [0, 0.05) is 11.5 Å². The topological polar surface area (TPSA) is 55.4 Å². The Bertz CT molecular complexity index is 542. The highest BCUT2D eigenvalue weighted by Gasteiger charge is 2.30. The molecule has 1 aromatic carbocycles. The molecule has 114 valence electrons. The molecule has 21 heavy (non-hydrogen) atoms. The Morgan fingerprint density at radius 2 is 1.95 bits per heavy atom. The maximum Gasteiger partial charge on any atom is 0.333 e. The van der Waals surface area contributed by atoms with E-state index in [0.717, 1.165) is 51.0 Å². The van der Waals surface area contributed by atoms with Gasteiger partial charge in [0.1, 0.15) is 11.6 Å². The van der Waals surface area contributed by atoms with Crippen molar-refractivity contribution in [2.45, 2.75) is 31.7 Å². The lowest BCUT2D eigenvalue weighted by Crippen LogP contribution is -2.38. The molecule has 1 amide bonds. The third-order valence-corrected chi connectivity index (χ3v) is 3.72. The lowest BCUT2D eigenvalue weighted by Gasteiger charge is -2.19. The van der Waals surface area contributed by atoms with Crippen LogP contribution in [0.25, 0.3) is 0 Å². The molecule has 6 heteroatoms. The molecule has 1 aliphatic rings. The van der Waals surface area contributed by atoms with Crippen LogP contribution in [0.2, 0.25) is 0 Å². The van der Waals surface area contributed by atoms with E-state index in [1.54, 1.807) is 0 Å². The molecule has 0 bridgehead atoms. The zero-order valence-electron chi connectivity index (χ0n) is 11.7. The summed E-state index contributed by atoms with van der Waals surface area (Å²) in [5, 5.41) is 2.47. The van der Waals surface area contributed by atoms with Gasteiger partial charge in [-0.2, -0.15) is 0 Å². The van der Waals surface area contributed by atoms with Gasteiger partial charge < -0.3 is 10.1 Å². The zero-order valence-corrected chi connectivity index (χ0v) is 11.7. The Kier molecular flexibility index (Phi) is 4.88. The molecule has 0 heterocycles. The Labute approximate surface area is 121 Å². The van der Waals surface area contributed by atoms with E-state index in [2.05, 4.69) is 10.1 Å². The van der Waals surface area contributed by atoms with E-state index >= 15 is 0 Å². The smallest absolute Gasteiger partial charge is 0.333 e. The molecule has 1 N–H and O–H groups in total. The number of hydrogen-bond donors (Lipinski definition) is 1. The van der Waals surface area contributed by atoms with Crippen molar-refractivity contribution < 1.29 is 23.1 Å².